The molecule has 0 saturated carbocycles. The minimum Gasteiger partial charge on any atom is -0.317 e. The summed E-state index contributed by atoms with van der Waals surface area (Å²) in [5, 5.41) is 12.5. The van der Waals surface area contributed by atoms with Crippen LogP contribution in [0.25, 0.3) is 0 Å². The van der Waals surface area contributed by atoms with E-state index in [1.807, 2.05) is 45.0 Å². The van der Waals surface area contributed by atoms with E-state index in [9.17, 15) is 0 Å². The monoisotopic (exact) mass is 178 g/mol. The molecular weight excluding hydrogens is 160 g/mol. The van der Waals surface area contributed by atoms with E-state index in [1.165, 1.54) is 6.21 Å². The smallest absolute Gasteiger partial charge is 0.0252 e. The molecule has 1 aromatic rings. The van der Waals surface area contributed by atoms with Crippen LogP contribution in [0.2, 0.25) is 0 Å². The number of hydrogen-bond donors (Lipinski definition) is 2. The Labute approximate surface area is 80.6 Å². The first-order chi connectivity index (χ1) is 6.34. The maximum absolute atomic E-state index is 6.96. The predicted molar refractivity (Wildman–Crippen MR) is 60.3 cm³/mol. The van der Waals surface area contributed by atoms with Gasteiger partial charge in [-0.1, -0.05) is 38.1 Å². The van der Waals surface area contributed by atoms with Crippen LogP contribution in [0.1, 0.15) is 25.0 Å². The lowest BCUT2D eigenvalue weighted by Gasteiger charge is -1.94. The first-order valence-corrected chi connectivity index (χ1v) is 4.26. The second-order valence-electron chi connectivity index (χ2n) is 2.00. The third-order valence-electron chi connectivity index (χ3n) is 1.34. The maximum atomic E-state index is 6.96. The van der Waals surface area contributed by atoms with Crippen LogP contribution in [0.5, 0.6) is 0 Å². The quantitative estimate of drug-likeness (QED) is 0.620. The summed E-state index contributed by atoms with van der Waals surface area (Å²) in [7, 11) is 0. The summed E-state index contributed by atoms with van der Waals surface area (Å²) in [6, 6.07) is 7.85. The van der Waals surface area contributed by atoms with Gasteiger partial charge in [-0.05, 0) is 24.8 Å². The van der Waals surface area contributed by atoms with Gasteiger partial charge in [0.15, 0.2) is 0 Å². The van der Waals surface area contributed by atoms with E-state index in [0.29, 0.717) is 0 Å². The predicted octanol–water partition coefficient (Wildman–Crippen LogP) is 3.28. The molecule has 0 bridgehead atoms. The molecule has 1 aromatic carbocycles. The zero-order valence-electron chi connectivity index (χ0n) is 8.59. The van der Waals surface area contributed by atoms with Crippen LogP contribution < -0.4 is 0 Å². The summed E-state index contributed by atoms with van der Waals surface area (Å²) in [5.74, 6) is 0. The highest BCUT2D eigenvalue weighted by atomic mass is 14.3. The van der Waals surface area contributed by atoms with Gasteiger partial charge in [0, 0.05) is 6.21 Å². The Kier molecular flexibility index (Phi) is 11.5. The summed E-state index contributed by atoms with van der Waals surface area (Å²) in [4.78, 5) is 0. The molecule has 13 heavy (non-hydrogen) atoms. The number of aryl methyl sites for hydroxylation is 1. The van der Waals surface area contributed by atoms with Crippen molar-refractivity contribution in [1.82, 2.24) is 0 Å². The van der Waals surface area contributed by atoms with Crippen LogP contribution >= 0.6 is 0 Å². The fraction of sp³-hybridized carbons (Fsp3) is 0.273. The van der Waals surface area contributed by atoms with Crippen LogP contribution in [0, 0.1) is 17.7 Å². The van der Waals surface area contributed by atoms with E-state index >= 15 is 0 Å². The average Bonchev–Trinajstić information content (AvgIpc) is 2.24. The molecule has 72 valence electrons. The molecule has 2 N–H and O–H groups in total. The van der Waals surface area contributed by atoms with Gasteiger partial charge in [-0.3, -0.25) is 0 Å². The third kappa shape index (κ3) is 5.79. The number of nitrogens with one attached hydrogen (secondary N) is 2. The van der Waals surface area contributed by atoms with Crippen molar-refractivity contribution in [2.24, 2.45) is 0 Å². The van der Waals surface area contributed by atoms with Crippen molar-refractivity contribution in [1.29, 1.82) is 10.8 Å². The highest BCUT2D eigenvalue weighted by Gasteiger charge is 1.87. The van der Waals surface area contributed by atoms with Crippen molar-refractivity contribution in [3.63, 3.8) is 0 Å². The molecule has 0 heterocycles. The van der Waals surface area contributed by atoms with Gasteiger partial charge in [0.2, 0.25) is 0 Å². The lowest BCUT2D eigenvalue weighted by atomic mass is 10.1. The van der Waals surface area contributed by atoms with Crippen molar-refractivity contribution < 1.29 is 0 Å². The van der Waals surface area contributed by atoms with Crippen molar-refractivity contribution in [3.05, 3.63) is 35.4 Å². The zero-order valence-corrected chi connectivity index (χ0v) is 8.59. The molecule has 2 heteroatoms. The van der Waals surface area contributed by atoms with E-state index < -0.39 is 0 Å². The van der Waals surface area contributed by atoms with Crippen molar-refractivity contribution in [2.75, 3.05) is 0 Å². The standard InChI is InChI=1S/C8H9N.C2H6.CH3N/c1-7-4-2-3-5-8(7)6-9;2*1-2/h2-6,9H,1H3;1-2H3;2H,1H2. The van der Waals surface area contributed by atoms with Gasteiger partial charge in [-0.15, -0.1) is 0 Å². The van der Waals surface area contributed by atoms with Gasteiger partial charge in [-0.25, -0.2) is 0 Å². The van der Waals surface area contributed by atoms with Crippen molar-refractivity contribution >= 4 is 12.9 Å². The normalized spacial score (nSPS) is 7.00. The molecule has 0 spiro atoms. The molecule has 0 amide bonds. The SMILES string of the molecule is C=N.CC.Cc1ccccc1C=N. The molecule has 2 nitrogen and oxygen atoms in total. The van der Waals surface area contributed by atoms with E-state index in [1.54, 1.807) is 0 Å². The van der Waals surface area contributed by atoms with Crippen LogP contribution in [-0.2, 0) is 0 Å². The Morgan fingerprint density at radius 3 is 1.92 bits per heavy atom. The molecule has 0 radical (unpaired) electrons. The van der Waals surface area contributed by atoms with E-state index in [0.717, 1.165) is 11.1 Å². The molecule has 0 unspecified atom stereocenters. The van der Waals surface area contributed by atoms with Gasteiger partial charge in [0.25, 0.3) is 0 Å². The molecule has 0 atom stereocenters. The second-order valence-corrected chi connectivity index (χ2v) is 2.00. The lowest BCUT2D eigenvalue weighted by molar-refractivity contribution is 1.43. The maximum Gasteiger partial charge on any atom is 0.0252 e. The highest BCUT2D eigenvalue weighted by Crippen LogP contribution is 2.01. The Bertz CT molecular complexity index is 231. The Morgan fingerprint density at radius 2 is 1.62 bits per heavy atom. The van der Waals surface area contributed by atoms with Crippen LogP contribution in [0.15, 0.2) is 24.3 Å². The fourth-order valence-corrected chi connectivity index (χ4v) is 0.749. The van der Waals surface area contributed by atoms with Crippen LogP contribution in [-0.4, -0.2) is 12.9 Å². The largest absolute Gasteiger partial charge is 0.317 e. The lowest BCUT2D eigenvalue weighted by Crippen LogP contribution is -1.82. The van der Waals surface area contributed by atoms with Crippen molar-refractivity contribution in [3.8, 4) is 0 Å². The van der Waals surface area contributed by atoms with Crippen LogP contribution in [0.3, 0.4) is 0 Å². The highest BCUT2D eigenvalue weighted by molar-refractivity contribution is 5.78. The molecule has 1 rings (SSSR count). The number of hydrogen-bond acceptors (Lipinski definition) is 2. The molecule has 0 saturated heterocycles. The van der Waals surface area contributed by atoms with Gasteiger partial charge in [0.05, 0.1) is 0 Å². The first kappa shape index (κ1) is 14.1. The topological polar surface area (TPSA) is 47.7 Å². The number of rotatable bonds is 1. The van der Waals surface area contributed by atoms with E-state index in [-0.39, 0.29) is 0 Å². The summed E-state index contributed by atoms with van der Waals surface area (Å²) < 4.78 is 0. The van der Waals surface area contributed by atoms with Gasteiger partial charge >= 0.3 is 0 Å². The fourth-order valence-electron chi connectivity index (χ4n) is 0.749. The van der Waals surface area contributed by atoms with E-state index in [2.05, 4.69) is 6.72 Å². The van der Waals surface area contributed by atoms with Gasteiger partial charge in [0.1, 0.15) is 0 Å². The molecular formula is C11H18N2. The molecule has 0 fully saturated rings. The van der Waals surface area contributed by atoms with Gasteiger partial charge in [-0.2, -0.15) is 0 Å². The Morgan fingerprint density at radius 1 is 1.15 bits per heavy atom. The van der Waals surface area contributed by atoms with Gasteiger partial charge < -0.3 is 10.8 Å². The molecule has 0 aliphatic heterocycles. The Hall–Kier alpha value is -1.44. The first-order valence-electron chi connectivity index (χ1n) is 4.26. The number of benzene rings is 1. The third-order valence-corrected chi connectivity index (χ3v) is 1.34. The summed E-state index contributed by atoms with van der Waals surface area (Å²) in [5.41, 5.74) is 2.16. The Balaban J connectivity index is 0. The van der Waals surface area contributed by atoms with Crippen LogP contribution in [0.4, 0.5) is 0 Å². The van der Waals surface area contributed by atoms with Crippen molar-refractivity contribution in [2.45, 2.75) is 20.8 Å². The van der Waals surface area contributed by atoms with E-state index in [4.69, 9.17) is 10.8 Å². The minimum absolute atomic E-state index is 0.998. The average molecular weight is 178 g/mol. The molecule has 0 aliphatic carbocycles. The summed E-state index contributed by atoms with van der Waals surface area (Å²) >= 11 is 0. The second kappa shape index (κ2) is 10.6. The minimum atomic E-state index is 0.998. The summed E-state index contributed by atoms with van der Waals surface area (Å²) in [6.45, 7) is 8.50. The zero-order chi connectivity index (χ0) is 10.7. The summed E-state index contributed by atoms with van der Waals surface area (Å²) in [6.07, 6.45) is 1.37. The molecule has 0 aromatic heterocycles. The molecule has 0 aliphatic rings.